The lowest BCUT2D eigenvalue weighted by Gasteiger charge is -2.31. The average Bonchev–Trinajstić information content (AvgIpc) is 3.04. The van der Waals surface area contributed by atoms with Gasteiger partial charge in [0.1, 0.15) is 5.82 Å². The molecule has 2 aromatic rings. The number of hydrogen-bond acceptors (Lipinski definition) is 2. The first kappa shape index (κ1) is 17.6. The molecule has 0 spiro atoms. The molecule has 4 heteroatoms. The molecule has 3 nitrogen and oxygen atoms in total. The lowest BCUT2D eigenvalue weighted by molar-refractivity contribution is -0.120. The smallest absolute Gasteiger partial charge is 0.241 e. The summed E-state index contributed by atoms with van der Waals surface area (Å²) in [7, 11) is 0. The lowest BCUT2D eigenvalue weighted by Crippen LogP contribution is -2.43. The maximum absolute atomic E-state index is 13.2. The Morgan fingerprint density at radius 3 is 2.48 bits per heavy atom. The highest BCUT2D eigenvalue weighted by atomic mass is 19.1. The highest BCUT2D eigenvalue weighted by Gasteiger charge is 2.30. The maximum Gasteiger partial charge on any atom is 0.241 e. The second kappa shape index (κ2) is 7.79. The van der Waals surface area contributed by atoms with Crippen molar-refractivity contribution in [2.45, 2.75) is 38.8 Å². The summed E-state index contributed by atoms with van der Waals surface area (Å²) >= 11 is 0. The zero-order valence-electron chi connectivity index (χ0n) is 14.9. The van der Waals surface area contributed by atoms with E-state index in [0.717, 1.165) is 30.6 Å². The molecule has 1 heterocycles. The van der Waals surface area contributed by atoms with Crippen LogP contribution in [0.2, 0.25) is 0 Å². The first-order valence-corrected chi connectivity index (χ1v) is 8.93. The van der Waals surface area contributed by atoms with E-state index in [9.17, 15) is 9.18 Å². The third kappa shape index (κ3) is 4.07. The summed E-state index contributed by atoms with van der Waals surface area (Å²) in [6.45, 7) is 5.35. The van der Waals surface area contributed by atoms with Crippen molar-refractivity contribution in [2.24, 2.45) is 0 Å². The standard InChI is InChI=1S/C21H25FN2O/c1-16(2)24(19-7-4-3-5-8-19)21(25)15-23-14-6-9-20(23)17-10-12-18(22)13-11-17/h3-5,7-8,10-13,16,20H,6,9,14-15H2,1-2H3/t20-/m0/s1. The zero-order valence-corrected chi connectivity index (χ0v) is 14.9. The van der Waals surface area contributed by atoms with E-state index in [0.29, 0.717) is 6.54 Å². The van der Waals surface area contributed by atoms with Gasteiger partial charge in [-0.05, 0) is 63.1 Å². The predicted molar refractivity (Wildman–Crippen MR) is 99.0 cm³/mol. The monoisotopic (exact) mass is 340 g/mol. The molecule has 1 fully saturated rings. The van der Waals surface area contributed by atoms with Crippen LogP contribution in [0.3, 0.4) is 0 Å². The molecule has 1 saturated heterocycles. The largest absolute Gasteiger partial charge is 0.309 e. The van der Waals surface area contributed by atoms with Crippen molar-refractivity contribution in [1.82, 2.24) is 4.90 Å². The summed E-state index contributed by atoms with van der Waals surface area (Å²) in [5, 5.41) is 0. The van der Waals surface area contributed by atoms with E-state index in [2.05, 4.69) is 4.90 Å². The van der Waals surface area contributed by atoms with Gasteiger partial charge in [0, 0.05) is 17.8 Å². The maximum atomic E-state index is 13.2. The number of carbonyl (C=O) groups excluding carboxylic acids is 1. The van der Waals surface area contributed by atoms with E-state index < -0.39 is 0 Å². The molecule has 0 unspecified atom stereocenters. The first-order chi connectivity index (χ1) is 12.1. The average molecular weight is 340 g/mol. The van der Waals surface area contributed by atoms with Crippen molar-refractivity contribution in [2.75, 3.05) is 18.0 Å². The SMILES string of the molecule is CC(C)N(C(=O)CN1CCC[C@H]1c1ccc(F)cc1)c1ccccc1. The van der Waals surface area contributed by atoms with Crippen molar-refractivity contribution < 1.29 is 9.18 Å². The van der Waals surface area contributed by atoms with Gasteiger partial charge in [-0.2, -0.15) is 0 Å². The van der Waals surface area contributed by atoms with Crippen LogP contribution in [0.4, 0.5) is 10.1 Å². The third-order valence-electron chi connectivity index (χ3n) is 4.78. The van der Waals surface area contributed by atoms with Crippen LogP contribution in [0.5, 0.6) is 0 Å². The van der Waals surface area contributed by atoms with E-state index in [1.54, 1.807) is 0 Å². The van der Waals surface area contributed by atoms with Crippen LogP contribution < -0.4 is 4.90 Å². The number of para-hydroxylation sites is 1. The van der Waals surface area contributed by atoms with E-state index in [1.165, 1.54) is 12.1 Å². The molecule has 2 aromatic carbocycles. The molecule has 0 radical (unpaired) electrons. The van der Waals surface area contributed by atoms with Crippen molar-refractivity contribution in [1.29, 1.82) is 0 Å². The Kier molecular flexibility index (Phi) is 5.49. The molecule has 0 aliphatic carbocycles. The topological polar surface area (TPSA) is 23.6 Å². The Balaban J connectivity index is 1.75. The Bertz CT molecular complexity index is 700. The van der Waals surface area contributed by atoms with Crippen LogP contribution in [0.25, 0.3) is 0 Å². The minimum atomic E-state index is -0.223. The Hall–Kier alpha value is -2.20. The van der Waals surface area contributed by atoms with Crippen molar-refractivity contribution >= 4 is 11.6 Å². The summed E-state index contributed by atoms with van der Waals surface area (Å²) in [6, 6.07) is 16.8. The fourth-order valence-corrected chi connectivity index (χ4v) is 3.65. The second-order valence-corrected chi connectivity index (χ2v) is 6.87. The first-order valence-electron chi connectivity index (χ1n) is 8.93. The lowest BCUT2D eigenvalue weighted by atomic mass is 10.0. The minimum Gasteiger partial charge on any atom is -0.309 e. The summed E-state index contributed by atoms with van der Waals surface area (Å²) in [5.74, 6) is -0.116. The van der Waals surface area contributed by atoms with Crippen molar-refractivity contribution in [3.63, 3.8) is 0 Å². The van der Waals surface area contributed by atoms with Crippen LogP contribution in [0.1, 0.15) is 38.3 Å². The molecule has 3 rings (SSSR count). The number of rotatable bonds is 5. The molecule has 1 aliphatic heterocycles. The zero-order chi connectivity index (χ0) is 17.8. The molecular weight excluding hydrogens is 315 g/mol. The van der Waals surface area contributed by atoms with Crippen LogP contribution in [-0.4, -0.2) is 29.9 Å². The second-order valence-electron chi connectivity index (χ2n) is 6.87. The Labute approximate surface area is 149 Å². The molecular formula is C21H25FN2O. The van der Waals surface area contributed by atoms with Gasteiger partial charge in [-0.15, -0.1) is 0 Å². The number of amides is 1. The fourth-order valence-electron chi connectivity index (χ4n) is 3.65. The number of halogens is 1. The molecule has 1 aliphatic rings. The highest BCUT2D eigenvalue weighted by molar-refractivity contribution is 5.95. The normalized spacial score (nSPS) is 17.8. The van der Waals surface area contributed by atoms with Gasteiger partial charge in [-0.1, -0.05) is 30.3 Å². The van der Waals surface area contributed by atoms with Crippen LogP contribution in [-0.2, 0) is 4.79 Å². The third-order valence-corrected chi connectivity index (χ3v) is 4.78. The highest BCUT2D eigenvalue weighted by Crippen LogP contribution is 2.32. The molecule has 25 heavy (non-hydrogen) atoms. The van der Waals surface area contributed by atoms with Crippen LogP contribution >= 0.6 is 0 Å². The molecule has 1 amide bonds. The molecule has 0 bridgehead atoms. The molecule has 0 saturated carbocycles. The molecule has 0 aromatic heterocycles. The van der Waals surface area contributed by atoms with E-state index >= 15 is 0 Å². The number of carbonyl (C=O) groups is 1. The van der Waals surface area contributed by atoms with Crippen LogP contribution in [0, 0.1) is 5.82 Å². The quantitative estimate of drug-likeness (QED) is 0.805. The van der Waals surface area contributed by atoms with E-state index in [-0.39, 0.29) is 23.8 Å². The van der Waals surface area contributed by atoms with E-state index in [4.69, 9.17) is 0 Å². The van der Waals surface area contributed by atoms with Crippen molar-refractivity contribution in [3.05, 3.63) is 66.0 Å². The molecule has 1 atom stereocenters. The van der Waals surface area contributed by atoms with Gasteiger partial charge in [0.05, 0.1) is 6.54 Å². The van der Waals surface area contributed by atoms with Gasteiger partial charge in [-0.25, -0.2) is 4.39 Å². The number of hydrogen-bond donors (Lipinski definition) is 0. The molecule has 0 N–H and O–H groups in total. The number of likely N-dealkylation sites (tertiary alicyclic amines) is 1. The summed E-state index contributed by atoms with van der Waals surface area (Å²) in [5.41, 5.74) is 2.02. The van der Waals surface area contributed by atoms with Gasteiger partial charge < -0.3 is 4.90 Å². The Morgan fingerprint density at radius 1 is 1.16 bits per heavy atom. The van der Waals surface area contributed by atoms with Crippen molar-refractivity contribution in [3.8, 4) is 0 Å². The number of nitrogens with zero attached hydrogens (tertiary/aromatic N) is 2. The summed E-state index contributed by atoms with van der Waals surface area (Å²) in [4.78, 5) is 17.1. The number of anilines is 1. The van der Waals surface area contributed by atoms with E-state index in [1.807, 2.05) is 61.2 Å². The fraction of sp³-hybridized carbons (Fsp3) is 0.381. The summed E-state index contributed by atoms with van der Waals surface area (Å²) in [6.07, 6.45) is 2.06. The summed E-state index contributed by atoms with van der Waals surface area (Å²) < 4.78 is 13.2. The van der Waals surface area contributed by atoms with Crippen LogP contribution in [0.15, 0.2) is 54.6 Å². The number of benzene rings is 2. The van der Waals surface area contributed by atoms with Gasteiger partial charge >= 0.3 is 0 Å². The predicted octanol–water partition coefficient (Wildman–Crippen LogP) is 4.40. The minimum absolute atomic E-state index is 0.0989. The van der Waals surface area contributed by atoms with Gasteiger partial charge in [0.25, 0.3) is 0 Å². The Morgan fingerprint density at radius 2 is 1.84 bits per heavy atom. The molecule has 132 valence electrons. The van der Waals surface area contributed by atoms with Gasteiger partial charge in [-0.3, -0.25) is 9.69 Å². The van der Waals surface area contributed by atoms with Gasteiger partial charge in [0.15, 0.2) is 0 Å². The van der Waals surface area contributed by atoms with Gasteiger partial charge in [0.2, 0.25) is 5.91 Å².